The van der Waals surface area contributed by atoms with Crippen LogP contribution in [0, 0.1) is 18.6 Å². The van der Waals surface area contributed by atoms with Gasteiger partial charge in [-0.3, -0.25) is 4.90 Å². The van der Waals surface area contributed by atoms with Gasteiger partial charge in [0.2, 0.25) is 5.95 Å². The fourth-order valence-electron chi connectivity index (χ4n) is 5.01. The predicted octanol–water partition coefficient (Wildman–Crippen LogP) is 4.38. The summed E-state index contributed by atoms with van der Waals surface area (Å²) in [4.78, 5) is 19.6. The second-order valence-corrected chi connectivity index (χ2v) is 13.2. The molecule has 5 rings (SSSR count). The summed E-state index contributed by atoms with van der Waals surface area (Å²) >= 11 is 0. The van der Waals surface area contributed by atoms with Crippen LogP contribution in [-0.2, 0) is 28.3 Å². The molecule has 0 radical (unpaired) electrons. The standard InChI is InChI=1S/C27H31F2N7O2S/c1-16-31-25-19(28)12-18(13-22(25)36(16)27(2,3)4)24-20(29)14-30-26(34-24)33-23-7-6-17-15-35(9-8-21(17)32-23)10-11-39(5,37)38/h6-7,12-14H,8-11,15H2,1-5H3,(H,30,32,33,34). The smallest absolute Gasteiger partial charge is 0.229 e. The van der Waals surface area contributed by atoms with Crippen molar-refractivity contribution in [3.63, 3.8) is 0 Å². The molecule has 4 aromatic rings. The number of benzene rings is 1. The number of nitrogens with zero attached hydrogens (tertiary/aromatic N) is 6. The van der Waals surface area contributed by atoms with Crippen LogP contribution in [-0.4, -0.2) is 62.9 Å². The minimum Gasteiger partial charge on any atom is -0.323 e. The van der Waals surface area contributed by atoms with Gasteiger partial charge in [0.15, 0.2) is 11.6 Å². The highest BCUT2D eigenvalue weighted by Gasteiger charge is 2.23. The zero-order valence-corrected chi connectivity index (χ0v) is 23.4. The number of sulfone groups is 1. The molecule has 0 saturated carbocycles. The molecule has 0 fully saturated rings. The van der Waals surface area contributed by atoms with Gasteiger partial charge in [0.25, 0.3) is 0 Å². The zero-order chi connectivity index (χ0) is 28.1. The minimum atomic E-state index is -3.02. The Kier molecular flexibility index (Phi) is 6.88. The highest BCUT2D eigenvalue weighted by Crippen LogP contribution is 2.32. The van der Waals surface area contributed by atoms with Crippen LogP contribution in [0.4, 0.5) is 20.5 Å². The number of hydrogen-bond acceptors (Lipinski definition) is 8. The molecule has 0 unspecified atom stereocenters. The first kappa shape index (κ1) is 27.1. The van der Waals surface area contributed by atoms with Crippen molar-refractivity contribution in [3.05, 3.63) is 59.2 Å². The van der Waals surface area contributed by atoms with Gasteiger partial charge in [-0.15, -0.1) is 0 Å². The quantitative estimate of drug-likeness (QED) is 0.374. The number of aryl methyl sites for hydroxylation is 1. The van der Waals surface area contributed by atoms with E-state index in [2.05, 4.69) is 30.2 Å². The van der Waals surface area contributed by atoms with Gasteiger partial charge in [0.1, 0.15) is 32.7 Å². The molecular formula is C27H31F2N7O2S. The zero-order valence-electron chi connectivity index (χ0n) is 22.6. The molecule has 9 nitrogen and oxygen atoms in total. The summed E-state index contributed by atoms with van der Waals surface area (Å²) in [5.74, 6) is 0.184. The van der Waals surface area contributed by atoms with E-state index < -0.39 is 21.5 Å². The number of imidazole rings is 1. The average Bonchev–Trinajstić information content (AvgIpc) is 3.20. The molecule has 0 aliphatic carbocycles. The molecule has 0 amide bonds. The van der Waals surface area contributed by atoms with Crippen LogP contribution < -0.4 is 5.32 Å². The number of rotatable bonds is 6. The molecule has 0 saturated heterocycles. The van der Waals surface area contributed by atoms with E-state index in [1.54, 1.807) is 12.1 Å². The van der Waals surface area contributed by atoms with Crippen LogP contribution >= 0.6 is 0 Å². The molecule has 0 spiro atoms. The summed E-state index contributed by atoms with van der Waals surface area (Å²) in [6.07, 6.45) is 2.96. The van der Waals surface area contributed by atoms with Crippen LogP contribution in [0.3, 0.4) is 0 Å². The molecule has 206 valence electrons. The maximum Gasteiger partial charge on any atom is 0.229 e. The van der Waals surface area contributed by atoms with Crippen LogP contribution in [0.5, 0.6) is 0 Å². The minimum absolute atomic E-state index is 0.0351. The number of anilines is 2. The largest absolute Gasteiger partial charge is 0.323 e. The van der Waals surface area contributed by atoms with Gasteiger partial charge in [-0.1, -0.05) is 6.07 Å². The Morgan fingerprint density at radius 1 is 1.08 bits per heavy atom. The van der Waals surface area contributed by atoms with Crippen molar-refractivity contribution in [2.75, 3.05) is 30.4 Å². The number of pyridine rings is 1. The fraction of sp³-hybridized carbons (Fsp3) is 0.407. The molecule has 12 heteroatoms. The Bertz CT molecular complexity index is 1680. The van der Waals surface area contributed by atoms with E-state index in [1.165, 1.54) is 12.3 Å². The van der Waals surface area contributed by atoms with Gasteiger partial charge < -0.3 is 9.88 Å². The second kappa shape index (κ2) is 9.91. The first-order valence-corrected chi connectivity index (χ1v) is 14.7. The van der Waals surface area contributed by atoms with Gasteiger partial charge in [0.05, 0.1) is 17.5 Å². The summed E-state index contributed by atoms with van der Waals surface area (Å²) in [6.45, 7) is 9.61. The SMILES string of the molecule is Cc1nc2c(F)cc(-c3nc(Nc4ccc5c(n4)CCN(CCS(C)(=O)=O)C5)ncc3F)cc2n1C(C)(C)C. The monoisotopic (exact) mass is 555 g/mol. The van der Waals surface area contributed by atoms with Crippen LogP contribution in [0.1, 0.15) is 37.9 Å². The molecule has 3 aromatic heterocycles. The number of aromatic nitrogens is 5. The molecule has 0 atom stereocenters. The Labute approximate surface area is 226 Å². The van der Waals surface area contributed by atoms with Crippen molar-refractivity contribution >= 4 is 32.6 Å². The van der Waals surface area contributed by atoms with Gasteiger partial charge in [-0.05, 0) is 51.5 Å². The molecule has 1 aromatic carbocycles. The molecule has 1 N–H and O–H groups in total. The van der Waals surface area contributed by atoms with E-state index >= 15 is 4.39 Å². The molecule has 0 bridgehead atoms. The lowest BCUT2D eigenvalue weighted by Gasteiger charge is -2.28. The van der Waals surface area contributed by atoms with E-state index in [1.807, 2.05) is 38.3 Å². The third kappa shape index (κ3) is 5.76. The Morgan fingerprint density at radius 3 is 2.56 bits per heavy atom. The van der Waals surface area contributed by atoms with Gasteiger partial charge in [0, 0.05) is 49.1 Å². The van der Waals surface area contributed by atoms with E-state index in [9.17, 15) is 12.8 Å². The van der Waals surface area contributed by atoms with E-state index in [4.69, 9.17) is 0 Å². The Morgan fingerprint density at radius 2 is 1.85 bits per heavy atom. The van der Waals surface area contributed by atoms with Crippen molar-refractivity contribution < 1.29 is 17.2 Å². The molecular weight excluding hydrogens is 524 g/mol. The summed E-state index contributed by atoms with van der Waals surface area (Å²) < 4.78 is 54.9. The Hall–Kier alpha value is -3.51. The summed E-state index contributed by atoms with van der Waals surface area (Å²) in [7, 11) is -3.02. The van der Waals surface area contributed by atoms with Crippen molar-refractivity contribution in [2.24, 2.45) is 0 Å². The van der Waals surface area contributed by atoms with E-state index in [0.29, 0.717) is 43.2 Å². The highest BCUT2D eigenvalue weighted by atomic mass is 32.2. The van der Waals surface area contributed by atoms with Crippen molar-refractivity contribution in [1.82, 2.24) is 29.4 Å². The summed E-state index contributed by atoms with van der Waals surface area (Å²) in [5, 5.41) is 3.03. The number of fused-ring (bicyclic) bond motifs is 2. The van der Waals surface area contributed by atoms with E-state index in [0.717, 1.165) is 17.5 Å². The summed E-state index contributed by atoms with van der Waals surface area (Å²) in [6, 6.07) is 6.65. The lowest BCUT2D eigenvalue weighted by atomic mass is 10.1. The number of halogens is 2. The molecule has 39 heavy (non-hydrogen) atoms. The Balaban J connectivity index is 1.41. The predicted molar refractivity (Wildman–Crippen MR) is 147 cm³/mol. The topological polar surface area (TPSA) is 106 Å². The number of nitrogens with one attached hydrogen (secondary N) is 1. The normalized spacial score (nSPS) is 14.5. The maximum atomic E-state index is 15.1. The molecule has 4 heterocycles. The lowest BCUT2D eigenvalue weighted by molar-refractivity contribution is 0.267. The summed E-state index contributed by atoms with van der Waals surface area (Å²) in [5.41, 5.74) is 2.60. The third-order valence-corrected chi connectivity index (χ3v) is 7.64. The van der Waals surface area contributed by atoms with Crippen molar-refractivity contribution in [3.8, 4) is 11.3 Å². The number of hydrogen-bond donors (Lipinski definition) is 1. The fourth-order valence-corrected chi connectivity index (χ4v) is 5.60. The van der Waals surface area contributed by atoms with Gasteiger partial charge in [-0.25, -0.2) is 37.1 Å². The maximum absolute atomic E-state index is 15.1. The van der Waals surface area contributed by atoms with Crippen LogP contribution in [0.2, 0.25) is 0 Å². The highest BCUT2D eigenvalue weighted by molar-refractivity contribution is 7.90. The first-order valence-electron chi connectivity index (χ1n) is 12.7. The third-order valence-electron chi connectivity index (χ3n) is 6.72. The lowest BCUT2D eigenvalue weighted by Crippen LogP contribution is -2.34. The van der Waals surface area contributed by atoms with Crippen molar-refractivity contribution in [2.45, 2.75) is 46.2 Å². The van der Waals surface area contributed by atoms with E-state index in [-0.39, 0.29) is 34.0 Å². The van der Waals surface area contributed by atoms with Crippen molar-refractivity contribution in [1.29, 1.82) is 0 Å². The van der Waals surface area contributed by atoms with Crippen LogP contribution in [0.15, 0.2) is 30.5 Å². The second-order valence-electron chi connectivity index (χ2n) is 11.0. The molecule has 1 aliphatic heterocycles. The van der Waals surface area contributed by atoms with Crippen LogP contribution in [0.25, 0.3) is 22.3 Å². The molecule has 1 aliphatic rings. The van der Waals surface area contributed by atoms with Gasteiger partial charge in [-0.2, -0.15) is 0 Å². The van der Waals surface area contributed by atoms with Gasteiger partial charge >= 0.3 is 0 Å². The first-order chi connectivity index (χ1) is 18.3. The average molecular weight is 556 g/mol.